The van der Waals surface area contributed by atoms with Crippen molar-refractivity contribution in [1.82, 2.24) is 0 Å². The second-order valence-corrected chi connectivity index (χ2v) is 12.4. The first-order chi connectivity index (χ1) is 14.7. The lowest BCUT2D eigenvalue weighted by Gasteiger charge is -2.28. The molecule has 0 nitrogen and oxygen atoms in total. The van der Waals surface area contributed by atoms with E-state index in [1.165, 1.54) is 161 Å². The standard InChI is InChI=1S/C29H59I/c1-4-7-10-13-16-17-18-19-22-25-28-29(30,26-23-20-14-11-8-5-2)27-24-21-15-12-9-6-3/h4-28H2,1-3H3. The van der Waals surface area contributed by atoms with Crippen LogP contribution in [0.3, 0.4) is 0 Å². The van der Waals surface area contributed by atoms with Gasteiger partial charge in [0, 0.05) is 3.42 Å². The fourth-order valence-electron chi connectivity index (χ4n) is 4.75. The van der Waals surface area contributed by atoms with Crippen LogP contribution < -0.4 is 0 Å². The lowest BCUT2D eigenvalue weighted by molar-refractivity contribution is 0.420. The summed E-state index contributed by atoms with van der Waals surface area (Å²) in [5.74, 6) is 0. The number of hydrogen-bond donors (Lipinski definition) is 0. The first-order valence-electron chi connectivity index (χ1n) is 14.4. The quantitative estimate of drug-likeness (QED) is 0.0621. The maximum atomic E-state index is 2.90. The van der Waals surface area contributed by atoms with E-state index in [1.54, 1.807) is 0 Å². The number of halogens is 1. The Bertz CT molecular complexity index is 295. The zero-order chi connectivity index (χ0) is 22.2. The van der Waals surface area contributed by atoms with Gasteiger partial charge in [0.25, 0.3) is 0 Å². The molecule has 0 N–H and O–H groups in total. The lowest BCUT2D eigenvalue weighted by atomic mass is 9.89. The second-order valence-electron chi connectivity index (χ2n) is 10.1. The summed E-state index contributed by atoms with van der Waals surface area (Å²) >= 11 is 2.90. The topological polar surface area (TPSA) is 0 Å². The highest BCUT2D eigenvalue weighted by atomic mass is 127. The maximum Gasteiger partial charge on any atom is 0.0222 e. The highest BCUT2D eigenvalue weighted by molar-refractivity contribution is 14.1. The molecule has 0 atom stereocenters. The van der Waals surface area contributed by atoms with Crippen LogP contribution in [0.4, 0.5) is 0 Å². The second kappa shape index (κ2) is 24.4. The molecule has 0 aliphatic rings. The minimum Gasteiger partial charge on any atom is -0.0789 e. The number of alkyl halides is 1. The zero-order valence-electron chi connectivity index (χ0n) is 21.6. The van der Waals surface area contributed by atoms with Gasteiger partial charge in [-0.1, -0.05) is 185 Å². The third-order valence-corrected chi connectivity index (χ3v) is 8.55. The molecule has 0 aromatic rings. The lowest BCUT2D eigenvalue weighted by Crippen LogP contribution is -2.20. The van der Waals surface area contributed by atoms with Crippen molar-refractivity contribution < 1.29 is 0 Å². The Morgan fingerprint density at radius 3 is 0.767 bits per heavy atom. The molecule has 0 aromatic heterocycles. The molecule has 0 saturated carbocycles. The average Bonchev–Trinajstić information content (AvgIpc) is 2.74. The summed E-state index contributed by atoms with van der Waals surface area (Å²) in [6.45, 7) is 6.96. The van der Waals surface area contributed by atoms with Crippen LogP contribution in [-0.2, 0) is 0 Å². The third kappa shape index (κ3) is 21.9. The number of hydrogen-bond acceptors (Lipinski definition) is 0. The van der Waals surface area contributed by atoms with Crippen molar-refractivity contribution in [2.45, 2.75) is 185 Å². The van der Waals surface area contributed by atoms with Crippen LogP contribution >= 0.6 is 22.6 Å². The highest BCUT2D eigenvalue weighted by Crippen LogP contribution is 2.37. The van der Waals surface area contributed by atoms with Gasteiger partial charge >= 0.3 is 0 Å². The van der Waals surface area contributed by atoms with Gasteiger partial charge in [-0.2, -0.15) is 0 Å². The Morgan fingerprint density at radius 2 is 0.533 bits per heavy atom. The van der Waals surface area contributed by atoms with Crippen molar-refractivity contribution in [3.63, 3.8) is 0 Å². The van der Waals surface area contributed by atoms with E-state index in [9.17, 15) is 0 Å². The van der Waals surface area contributed by atoms with Crippen LogP contribution in [-0.4, -0.2) is 3.42 Å². The molecule has 0 rings (SSSR count). The SMILES string of the molecule is CCCCCCCCCCCCC(I)(CCCCCCCC)CCCCCCCC. The van der Waals surface area contributed by atoms with Gasteiger partial charge in [-0.15, -0.1) is 0 Å². The van der Waals surface area contributed by atoms with Crippen LogP contribution in [0.15, 0.2) is 0 Å². The van der Waals surface area contributed by atoms with Gasteiger partial charge in [0.2, 0.25) is 0 Å². The van der Waals surface area contributed by atoms with Gasteiger partial charge in [-0.25, -0.2) is 0 Å². The van der Waals surface area contributed by atoms with Crippen LogP contribution in [0.1, 0.15) is 181 Å². The van der Waals surface area contributed by atoms with Crippen molar-refractivity contribution in [1.29, 1.82) is 0 Å². The normalized spacial score (nSPS) is 12.0. The molecule has 0 saturated heterocycles. The molecule has 1 heteroatoms. The smallest absolute Gasteiger partial charge is 0.0222 e. The first-order valence-corrected chi connectivity index (χ1v) is 15.4. The summed E-state index contributed by atoms with van der Waals surface area (Å²) in [6.07, 6.45) is 36.4. The predicted molar refractivity (Wildman–Crippen MR) is 149 cm³/mol. The van der Waals surface area contributed by atoms with Crippen molar-refractivity contribution >= 4 is 22.6 Å². The van der Waals surface area contributed by atoms with E-state index < -0.39 is 0 Å². The van der Waals surface area contributed by atoms with E-state index in [2.05, 4.69) is 43.4 Å². The van der Waals surface area contributed by atoms with E-state index in [0.717, 1.165) is 0 Å². The molecule has 0 aliphatic carbocycles. The van der Waals surface area contributed by atoms with Crippen molar-refractivity contribution in [3.8, 4) is 0 Å². The summed E-state index contributed by atoms with van der Waals surface area (Å²) in [5, 5.41) is 0. The van der Waals surface area contributed by atoms with Crippen LogP contribution in [0.2, 0.25) is 0 Å². The largest absolute Gasteiger partial charge is 0.0789 e. The van der Waals surface area contributed by atoms with Gasteiger partial charge in [-0.3, -0.25) is 0 Å². The number of rotatable bonds is 25. The molecular formula is C29H59I. The molecule has 0 amide bonds. The summed E-state index contributed by atoms with van der Waals surface area (Å²) in [4.78, 5) is 0. The Morgan fingerprint density at radius 1 is 0.333 bits per heavy atom. The van der Waals surface area contributed by atoms with Gasteiger partial charge in [0.1, 0.15) is 0 Å². The Labute approximate surface area is 206 Å². The Kier molecular flexibility index (Phi) is 25.0. The van der Waals surface area contributed by atoms with Crippen LogP contribution in [0, 0.1) is 0 Å². The van der Waals surface area contributed by atoms with E-state index in [0.29, 0.717) is 3.42 Å². The summed E-state index contributed by atoms with van der Waals surface area (Å²) in [6, 6.07) is 0. The fourth-order valence-corrected chi connectivity index (χ4v) is 5.89. The molecular weight excluding hydrogens is 475 g/mol. The minimum absolute atomic E-state index is 0.605. The van der Waals surface area contributed by atoms with E-state index in [4.69, 9.17) is 0 Å². The summed E-state index contributed by atoms with van der Waals surface area (Å²) in [7, 11) is 0. The Hall–Kier alpha value is 0.730. The molecule has 0 fully saturated rings. The van der Waals surface area contributed by atoms with Gasteiger partial charge < -0.3 is 0 Å². The molecule has 0 radical (unpaired) electrons. The fraction of sp³-hybridized carbons (Fsp3) is 1.00. The summed E-state index contributed by atoms with van der Waals surface area (Å²) < 4.78 is 0.605. The van der Waals surface area contributed by atoms with Crippen molar-refractivity contribution in [2.75, 3.05) is 0 Å². The van der Waals surface area contributed by atoms with E-state index >= 15 is 0 Å². The maximum absolute atomic E-state index is 2.90. The Balaban J connectivity index is 3.97. The van der Waals surface area contributed by atoms with E-state index in [1.807, 2.05) is 0 Å². The molecule has 0 aliphatic heterocycles. The summed E-state index contributed by atoms with van der Waals surface area (Å²) in [5.41, 5.74) is 0. The molecule has 0 unspecified atom stereocenters. The van der Waals surface area contributed by atoms with Crippen LogP contribution in [0.25, 0.3) is 0 Å². The molecule has 30 heavy (non-hydrogen) atoms. The monoisotopic (exact) mass is 534 g/mol. The first kappa shape index (κ1) is 30.7. The third-order valence-electron chi connectivity index (χ3n) is 6.94. The average molecular weight is 535 g/mol. The highest BCUT2D eigenvalue weighted by Gasteiger charge is 2.24. The minimum atomic E-state index is 0.605. The van der Waals surface area contributed by atoms with Crippen LogP contribution in [0.5, 0.6) is 0 Å². The molecule has 0 bridgehead atoms. The van der Waals surface area contributed by atoms with Crippen molar-refractivity contribution in [3.05, 3.63) is 0 Å². The van der Waals surface area contributed by atoms with E-state index in [-0.39, 0.29) is 0 Å². The molecule has 0 heterocycles. The number of unbranched alkanes of at least 4 members (excludes halogenated alkanes) is 19. The van der Waals surface area contributed by atoms with Crippen molar-refractivity contribution in [2.24, 2.45) is 0 Å². The molecule has 0 spiro atoms. The predicted octanol–water partition coefficient (Wildman–Crippen LogP) is 12.0. The van der Waals surface area contributed by atoms with Gasteiger partial charge in [-0.05, 0) is 19.3 Å². The zero-order valence-corrected chi connectivity index (χ0v) is 23.7. The molecule has 0 aromatic carbocycles. The van der Waals surface area contributed by atoms with Gasteiger partial charge in [0.05, 0.1) is 0 Å². The van der Waals surface area contributed by atoms with Gasteiger partial charge in [0.15, 0.2) is 0 Å². The molecule has 182 valence electrons.